The normalized spacial score (nSPS) is 13.3. The van der Waals surface area contributed by atoms with Crippen molar-refractivity contribution in [1.29, 1.82) is 0 Å². The van der Waals surface area contributed by atoms with Crippen molar-refractivity contribution in [2.75, 3.05) is 24.4 Å². The number of aliphatic carboxylic acids is 1. The van der Waals surface area contributed by atoms with Crippen LogP contribution < -0.4 is 15.8 Å². The number of thioether (sulfide) groups is 1. The van der Waals surface area contributed by atoms with Gasteiger partial charge in [0.05, 0.1) is 5.56 Å². The van der Waals surface area contributed by atoms with Gasteiger partial charge < -0.3 is 20.9 Å². The molecule has 0 spiro atoms. The van der Waals surface area contributed by atoms with Crippen molar-refractivity contribution in [1.82, 2.24) is 5.32 Å². The van der Waals surface area contributed by atoms with Crippen molar-refractivity contribution in [3.63, 3.8) is 0 Å². The van der Waals surface area contributed by atoms with E-state index in [9.17, 15) is 14.7 Å². The highest BCUT2D eigenvalue weighted by Crippen LogP contribution is 2.26. The van der Waals surface area contributed by atoms with Crippen molar-refractivity contribution in [3.05, 3.63) is 54.1 Å². The van der Waals surface area contributed by atoms with E-state index in [-0.39, 0.29) is 12.6 Å². The molecular formula is C21H26N2O4S2. The molecule has 2 aromatic carbocycles. The smallest absolute Gasteiger partial charge is 0.326 e. The number of carbonyl (C=O) groups excluding carboxylic acids is 1. The molecule has 0 fully saturated rings. The quantitative estimate of drug-likeness (QED) is 0.320. The second kappa shape index (κ2) is 11.7. The van der Waals surface area contributed by atoms with Crippen molar-refractivity contribution >= 4 is 47.0 Å². The lowest BCUT2D eigenvalue weighted by molar-refractivity contribution is -0.139. The third-order valence-corrected chi connectivity index (χ3v) is 5.30. The zero-order valence-corrected chi connectivity index (χ0v) is 17.9. The van der Waals surface area contributed by atoms with Gasteiger partial charge in [-0.05, 0) is 47.4 Å². The summed E-state index contributed by atoms with van der Waals surface area (Å²) in [5.41, 5.74) is 6.09. The Morgan fingerprint density at radius 3 is 2.62 bits per heavy atom. The summed E-state index contributed by atoms with van der Waals surface area (Å²) < 4.78 is 5.80. The highest BCUT2D eigenvalue weighted by Gasteiger charge is 2.22. The van der Waals surface area contributed by atoms with Crippen molar-refractivity contribution in [2.45, 2.75) is 18.5 Å². The first-order chi connectivity index (χ1) is 14.0. The molecule has 2 unspecified atom stereocenters. The maximum atomic E-state index is 12.9. The van der Waals surface area contributed by atoms with E-state index >= 15 is 0 Å². The second-order valence-electron chi connectivity index (χ2n) is 6.43. The fraction of sp³-hybridized carbons (Fsp3) is 0.333. The minimum Gasteiger partial charge on any atom is -0.489 e. The molecule has 0 saturated heterocycles. The van der Waals surface area contributed by atoms with E-state index in [4.69, 9.17) is 10.5 Å². The average molecular weight is 435 g/mol. The van der Waals surface area contributed by atoms with Crippen LogP contribution in [0.5, 0.6) is 5.75 Å². The number of nitrogens with two attached hydrogens (primary N) is 1. The van der Waals surface area contributed by atoms with Crippen LogP contribution in [0.25, 0.3) is 10.8 Å². The molecule has 2 atom stereocenters. The fourth-order valence-corrected chi connectivity index (χ4v) is 3.27. The summed E-state index contributed by atoms with van der Waals surface area (Å²) in [4.78, 5) is 24.4. The Hall–Kier alpha value is -2.16. The highest BCUT2D eigenvalue weighted by atomic mass is 32.2. The maximum Gasteiger partial charge on any atom is 0.326 e. The Labute approximate surface area is 180 Å². The summed E-state index contributed by atoms with van der Waals surface area (Å²) in [5.74, 6) is 0.00953. The summed E-state index contributed by atoms with van der Waals surface area (Å²) in [6.07, 6.45) is 5.80. The predicted molar refractivity (Wildman–Crippen MR) is 122 cm³/mol. The minimum atomic E-state index is -1.06. The van der Waals surface area contributed by atoms with Gasteiger partial charge in [-0.3, -0.25) is 4.79 Å². The molecule has 4 N–H and O–H groups in total. The average Bonchev–Trinajstić information content (AvgIpc) is 2.72. The molecule has 0 heterocycles. The number of thiol groups is 1. The third kappa shape index (κ3) is 6.99. The number of nitrogens with one attached hydrogen (secondary N) is 1. The van der Waals surface area contributed by atoms with Crippen molar-refractivity contribution < 1.29 is 19.4 Å². The standard InChI is InChI=1S/C21H26N2O4S2/c1-29-10-8-18(21(25)26)23-20(24)17-11-14-5-2-3-6-15(14)12-19(17)27-9-4-7-16(22)13-28/h2-7,11-12,16,18,28H,8-10,13,22H2,1H3,(H,23,24)(H,25,26)/b7-4+. The van der Waals surface area contributed by atoms with Gasteiger partial charge in [0.25, 0.3) is 5.91 Å². The van der Waals surface area contributed by atoms with Crippen LogP contribution in [0, 0.1) is 0 Å². The Morgan fingerprint density at radius 1 is 1.31 bits per heavy atom. The van der Waals surface area contributed by atoms with E-state index in [1.807, 2.05) is 30.5 Å². The molecule has 156 valence electrons. The number of carboxylic acid groups (broad SMARTS) is 1. The summed E-state index contributed by atoms with van der Waals surface area (Å²) in [6, 6.07) is 9.98. The number of rotatable bonds is 11. The molecule has 2 rings (SSSR count). The van der Waals surface area contributed by atoms with E-state index in [0.717, 1.165) is 10.8 Å². The van der Waals surface area contributed by atoms with Gasteiger partial charge in [-0.25, -0.2) is 4.79 Å². The summed E-state index contributed by atoms with van der Waals surface area (Å²) >= 11 is 5.65. The number of carbonyl (C=O) groups is 2. The van der Waals surface area contributed by atoms with E-state index in [2.05, 4.69) is 17.9 Å². The third-order valence-electron chi connectivity index (χ3n) is 4.24. The maximum absolute atomic E-state index is 12.9. The summed E-state index contributed by atoms with van der Waals surface area (Å²) in [6.45, 7) is 0.231. The number of carboxylic acids is 1. The van der Waals surface area contributed by atoms with E-state index < -0.39 is 17.9 Å². The lowest BCUT2D eigenvalue weighted by Crippen LogP contribution is -2.41. The number of fused-ring (bicyclic) bond motifs is 1. The number of amides is 1. The first-order valence-corrected chi connectivity index (χ1v) is 11.2. The van der Waals surface area contributed by atoms with Crippen LogP contribution >= 0.6 is 24.4 Å². The molecule has 1 amide bonds. The molecule has 0 aliphatic heterocycles. The molecular weight excluding hydrogens is 408 g/mol. The van der Waals surface area contributed by atoms with Crippen LogP contribution in [0.4, 0.5) is 0 Å². The van der Waals surface area contributed by atoms with Crippen molar-refractivity contribution in [3.8, 4) is 5.75 Å². The Kier molecular flexibility index (Phi) is 9.37. The molecule has 8 heteroatoms. The van der Waals surface area contributed by atoms with Crippen LogP contribution in [0.15, 0.2) is 48.6 Å². The zero-order valence-electron chi connectivity index (χ0n) is 16.2. The largest absolute Gasteiger partial charge is 0.489 e. The molecule has 6 nitrogen and oxygen atoms in total. The van der Waals surface area contributed by atoms with E-state index in [1.165, 1.54) is 11.8 Å². The van der Waals surface area contributed by atoms with Crippen LogP contribution in [-0.4, -0.2) is 53.4 Å². The molecule has 0 aromatic heterocycles. The zero-order chi connectivity index (χ0) is 21.2. The second-order valence-corrected chi connectivity index (χ2v) is 7.78. The minimum absolute atomic E-state index is 0.172. The fourth-order valence-electron chi connectivity index (χ4n) is 2.67. The van der Waals surface area contributed by atoms with Gasteiger partial charge >= 0.3 is 5.97 Å². The van der Waals surface area contributed by atoms with Gasteiger partial charge in [0.1, 0.15) is 18.4 Å². The van der Waals surface area contributed by atoms with Crippen LogP contribution in [0.1, 0.15) is 16.8 Å². The van der Waals surface area contributed by atoms with Gasteiger partial charge in [-0.15, -0.1) is 0 Å². The highest BCUT2D eigenvalue weighted by molar-refractivity contribution is 7.98. The first kappa shape index (κ1) is 23.1. The number of hydrogen-bond donors (Lipinski definition) is 4. The Balaban J connectivity index is 2.27. The SMILES string of the molecule is CSCCC(NC(=O)c1cc2ccccc2cc1OC/C=C/C(N)CS)C(=O)O. The van der Waals surface area contributed by atoms with Crippen LogP contribution in [0.2, 0.25) is 0 Å². The molecule has 0 aliphatic rings. The lowest BCUT2D eigenvalue weighted by Gasteiger charge is -2.16. The summed E-state index contributed by atoms with van der Waals surface area (Å²) in [7, 11) is 0. The Bertz CT molecular complexity index is 873. The number of hydrogen-bond acceptors (Lipinski definition) is 6. The molecule has 0 aliphatic carbocycles. The van der Waals surface area contributed by atoms with Gasteiger partial charge in [0.2, 0.25) is 0 Å². The molecule has 0 saturated carbocycles. The van der Waals surface area contributed by atoms with E-state index in [0.29, 0.717) is 29.2 Å². The van der Waals surface area contributed by atoms with Crippen molar-refractivity contribution in [2.24, 2.45) is 5.73 Å². The van der Waals surface area contributed by atoms with Gasteiger partial charge in [-0.1, -0.05) is 30.3 Å². The molecule has 0 bridgehead atoms. The molecule has 2 aromatic rings. The lowest BCUT2D eigenvalue weighted by atomic mass is 10.0. The summed E-state index contributed by atoms with van der Waals surface area (Å²) in [5, 5.41) is 13.8. The topological polar surface area (TPSA) is 102 Å². The number of ether oxygens (including phenoxy) is 1. The number of benzene rings is 2. The first-order valence-electron chi connectivity index (χ1n) is 9.17. The van der Waals surface area contributed by atoms with E-state index in [1.54, 1.807) is 24.3 Å². The molecule has 0 radical (unpaired) electrons. The van der Waals surface area contributed by atoms with Crippen LogP contribution in [0.3, 0.4) is 0 Å². The van der Waals surface area contributed by atoms with Gasteiger partial charge in [0, 0.05) is 11.8 Å². The Morgan fingerprint density at radius 2 is 2.00 bits per heavy atom. The monoisotopic (exact) mass is 434 g/mol. The van der Waals surface area contributed by atoms with Gasteiger partial charge in [-0.2, -0.15) is 24.4 Å². The van der Waals surface area contributed by atoms with Crippen LogP contribution in [-0.2, 0) is 4.79 Å². The molecule has 29 heavy (non-hydrogen) atoms. The predicted octanol–water partition coefficient (Wildman–Crippen LogP) is 2.97. The van der Waals surface area contributed by atoms with Gasteiger partial charge in [0.15, 0.2) is 0 Å².